The third-order valence-electron chi connectivity index (χ3n) is 3.48. The van der Waals surface area contributed by atoms with E-state index in [2.05, 4.69) is 5.32 Å². The van der Waals surface area contributed by atoms with Gasteiger partial charge < -0.3 is 10.4 Å². The Morgan fingerprint density at radius 2 is 2.06 bits per heavy atom. The SMILES string of the molecule is O=S(=O)(CC1CCCNC1)N(CCO)C1CC1. The summed E-state index contributed by atoms with van der Waals surface area (Å²) >= 11 is 0. The summed E-state index contributed by atoms with van der Waals surface area (Å²) in [5.41, 5.74) is 0. The predicted octanol–water partition coefficient (Wildman–Crippen LogP) is -0.227. The molecule has 2 fully saturated rings. The van der Waals surface area contributed by atoms with E-state index in [1.165, 1.54) is 4.31 Å². The molecule has 2 aliphatic rings. The summed E-state index contributed by atoms with van der Waals surface area (Å²) < 4.78 is 26.0. The first kappa shape index (κ1) is 13.3. The maximum atomic E-state index is 12.3. The molecular weight excluding hydrogens is 240 g/mol. The lowest BCUT2D eigenvalue weighted by molar-refractivity contribution is 0.249. The lowest BCUT2D eigenvalue weighted by Gasteiger charge is -2.27. The lowest BCUT2D eigenvalue weighted by atomic mass is 10.0. The van der Waals surface area contributed by atoms with Gasteiger partial charge in [0.25, 0.3) is 0 Å². The molecule has 1 atom stereocenters. The average molecular weight is 262 g/mol. The summed E-state index contributed by atoms with van der Waals surface area (Å²) in [4.78, 5) is 0. The molecule has 17 heavy (non-hydrogen) atoms. The summed E-state index contributed by atoms with van der Waals surface area (Å²) in [6.45, 7) is 1.97. The van der Waals surface area contributed by atoms with Gasteiger partial charge in [-0.15, -0.1) is 0 Å². The van der Waals surface area contributed by atoms with E-state index in [-0.39, 0.29) is 30.9 Å². The number of hydrogen-bond acceptors (Lipinski definition) is 4. The molecule has 1 aliphatic heterocycles. The molecule has 1 saturated heterocycles. The quantitative estimate of drug-likeness (QED) is 0.694. The third kappa shape index (κ3) is 3.64. The Morgan fingerprint density at radius 1 is 1.29 bits per heavy atom. The topological polar surface area (TPSA) is 69.6 Å². The highest BCUT2D eigenvalue weighted by Gasteiger charge is 2.37. The number of nitrogens with one attached hydrogen (secondary N) is 1. The summed E-state index contributed by atoms with van der Waals surface area (Å²) in [5, 5.41) is 12.2. The van der Waals surface area contributed by atoms with Crippen LogP contribution < -0.4 is 5.32 Å². The second-order valence-corrected chi connectivity index (χ2v) is 7.02. The normalized spacial score (nSPS) is 26.4. The molecule has 2 rings (SSSR count). The fourth-order valence-corrected chi connectivity index (χ4v) is 4.57. The minimum absolute atomic E-state index is 0.0847. The van der Waals surface area contributed by atoms with E-state index in [0.29, 0.717) is 0 Å². The van der Waals surface area contributed by atoms with Crippen LogP contribution >= 0.6 is 0 Å². The van der Waals surface area contributed by atoms with Crippen LogP contribution in [0.2, 0.25) is 0 Å². The molecular formula is C11H22N2O3S. The molecule has 0 bridgehead atoms. The highest BCUT2D eigenvalue weighted by atomic mass is 32.2. The molecule has 1 aliphatic carbocycles. The molecule has 2 N–H and O–H groups in total. The maximum absolute atomic E-state index is 12.3. The predicted molar refractivity (Wildman–Crippen MR) is 66.2 cm³/mol. The molecule has 0 amide bonds. The van der Waals surface area contributed by atoms with Crippen LogP contribution in [0.5, 0.6) is 0 Å². The van der Waals surface area contributed by atoms with Gasteiger partial charge in [0, 0.05) is 12.6 Å². The molecule has 0 aromatic heterocycles. The van der Waals surface area contributed by atoms with Gasteiger partial charge in [-0.1, -0.05) is 0 Å². The third-order valence-corrected chi connectivity index (χ3v) is 5.57. The van der Waals surface area contributed by atoms with Crippen molar-refractivity contribution in [2.75, 3.05) is 32.0 Å². The molecule has 6 heteroatoms. The van der Waals surface area contributed by atoms with Crippen LogP contribution in [0.3, 0.4) is 0 Å². The van der Waals surface area contributed by atoms with E-state index in [1.807, 2.05) is 0 Å². The Morgan fingerprint density at radius 3 is 2.59 bits per heavy atom. The van der Waals surface area contributed by atoms with Crippen LogP contribution in [-0.4, -0.2) is 55.9 Å². The fourth-order valence-electron chi connectivity index (χ4n) is 2.47. The van der Waals surface area contributed by atoms with E-state index in [9.17, 15) is 8.42 Å². The minimum Gasteiger partial charge on any atom is -0.395 e. The van der Waals surface area contributed by atoms with Crippen molar-refractivity contribution < 1.29 is 13.5 Å². The first-order valence-corrected chi connectivity index (χ1v) is 8.05. The Balaban J connectivity index is 1.95. The van der Waals surface area contributed by atoms with E-state index in [4.69, 9.17) is 5.11 Å². The zero-order valence-corrected chi connectivity index (χ0v) is 11.0. The molecule has 1 heterocycles. The van der Waals surface area contributed by atoms with Gasteiger partial charge >= 0.3 is 0 Å². The Bertz CT molecular complexity index is 335. The second-order valence-electron chi connectivity index (χ2n) is 5.06. The van der Waals surface area contributed by atoms with Gasteiger partial charge in [-0.05, 0) is 44.7 Å². The molecule has 0 aromatic rings. The molecule has 1 unspecified atom stereocenters. The van der Waals surface area contributed by atoms with Gasteiger partial charge in [0.2, 0.25) is 10.0 Å². The van der Waals surface area contributed by atoms with Crippen LogP contribution in [0.4, 0.5) is 0 Å². The number of sulfonamides is 1. The Labute approximate surface area is 103 Å². The molecule has 1 saturated carbocycles. The standard InChI is InChI=1S/C11H22N2O3S/c14-7-6-13(11-3-4-11)17(15,16)9-10-2-1-5-12-8-10/h10-12,14H,1-9H2. The highest BCUT2D eigenvalue weighted by molar-refractivity contribution is 7.89. The van der Waals surface area contributed by atoms with Crippen molar-refractivity contribution in [1.82, 2.24) is 9.62 Å². The lowest BCUT2D eigenvalue weighted by Crippen LogP contribution is -2.42. The van der Waals surface area contributed by atoms with Gasteiger partial charge in [-0.2, -0.15) is 4.31 Å². The van der Waals surface area contributed by atoms with Crippen molar-refractivity contribution in [3.05, 3.63) is 0 Å². The second kappa shape index (κ2) is 5.65. The fraction of sp³-hybridized carbons (Fsp3) is 1.00. The smallest absolute Gasteiger partial charge is 0.214 e. The monoisotopic (exact) mass is 262 g/mol. The zero-order chi connectivity index (χ0) is 12.3. The molecule has 100 valence electrons. The van der Waals surface area contributed by atoms with E-state index < -0.39 is 10.0 Å². The van der Waals surface area contributed by atoms with Crippen molar-refractivity contribution >= 4 is 10.0 Å². The van der Waals surface area contributed by atoms with Gasteiger partial charge in [0.1, 0.15) is 0 Å². The van der Waals surface area contributed by atoms with Crippen molar-refractivity contribution in [1.29, 1.82) is 0 Å². The summed E-state index contributed by atoms with van der Waals surface area (Å²) in [7, 11) is -3.19. The van der Waals surface area contributed by atoms with Crippen LogP contribution in [-0.2, 0) is 10.0 Å². The van der Waals surface area contributed by atoms with Crippen molar-refractivity contribution in [3.63, 3.8) is 0 Å². The van der Waals surface area contributed by atoms with Crippen LogP contribution in [0.15, 0.2) is 0 Å². The van der Waals surface area contributed by atoms with Gasteiger partial charge in [0.15, 0.2) is 0 Å². The average Bonchev–Trinajstić information content (AvgIpc) is 3.10. The first-order valence-electron chi connectivity index (χ1n) is 6.44. The van der Waals surface area contributed by atoms with Crippen molar-refractivity contribution in [2.24, 2.45) is 5.92 Å². The highest BCUT2D eigenvalue weighted by Crippen LogP contribution is 2.30. The zero-order valence-electron chi connectivity index (χ0n) is 10.1. The van der Waals surface area contributed by atoms with E-state index >= 15 is 0 Å². The van der Waals surface area contributed by atoms with Gasteiger partial charge in [-0.25, -0.2) is 8.42 Å². The van der Waals surface area contributed by atoms with Crippen LogP contribution in [0.25, 0.3) is 0 Å². The van der Waals surface area contributed by atoms with Gasteiger partial charge in [0.05, 0.1) is 12.4 Å². The van der Waals surface area contributed by atoms with E-state index in [0.717, 1.165) is 38.8 Å². The maximum Gasteiger partial charge on any atom is 0.214 e. The number of hydrogen-bond donors (Lipinski definition) is 2. The van der Waals surface area contributed by atoms with E-state index in [1.54, 1.807) is 0 Å². The minimum atomic E-state index is -3.19. The van der Waals surface area contributed by atoms with Crippen LogP contribution in [0.1, 0.15) is 25.7 Å². The Hall–Kier alpha value is -0.170. The Kier molecular flexibility index (Phi) is 4.41. The number of aliphatic hydroxyl groups excluding tert-OH is 1. The molecule has 0 aromatic carbocycles. The molecule has 0 spiro atoms. The molecule has 0 radical (unpaired) electrons. The number of aliphatic hydroxyl groups is 1. The summed E-state index contributed by atoms with van der Waals surface area (Å²) in [6.07, 6.45) is 3.94. The summed E-state index contributed by atoms with van der Waals surface area (Å²) in [6, 6.07) is 0.156. The number of rotatable bonds is 6. The number of piperidine rings is 1. The number of nitrogens with zero attached hydrogens (tertiary/aromatic N) is 1. The van der Waals surface area contributed by atoms with Crippen molar-refractivity contribution in [3.8, 4) is 0 Å². The summed E-state index contributed by atoms with van der Waals surface area (Å²) in [5.74, 6) is 0.463. The first-order chi connectivity index (χ1) is 8.13. The largest absolute Gasteiger partial charge is 0.395 e. The molecule has 5 nitrogen and oxygen atoms in total. The van der Waals surface area contributed by atoms with Crippen LogP contribution in [0, 0.1) is 5.92 Å². The van der Waals surface area contributed by atoms with Gasteiger partial charge in [-0.3, -0.25) is 0 Å². The van der Waals surface area contributed by atoms with Crippen molar-refractivity contribution in [2.45, 2.75) is 31.7 Å².